The van der Waals surface area contributed by atoms with E-state index in [4.69, 9.17) is 5.73 Å². The summed E-state index contributed by atoms with van der Waals surface area (Å²) >= 11 is 0. The van der Waals surface area contributed by atoms with Crippen LogP contribution in [0.3, 0.4) is 0 Å². The van der Waals surface area contributed by atoms with E-state index in [9.17, 15) is 27.9 Å². The molecule has 3 heterocycles. The van der Waals surface area contributed by atoms with Crippen molar-refractivity contribution in [2.24, 2.45) is 17.1 Å². The minimum absolute atomic E-state index is 0. The van der Waals surface area contributed by atoms with Gasteiger partial charge in [0.25, 0.3) is 0 Å². The van der Waals surface area contributed by atoms with Gasteiger partial charge in [-0.25, -0.2) is 22.9 Å². The molecule has 2 fully saturated rings. The number of carboxylic acids is 1. The normalized spacial score (nSPS) is 21.4. The summed E-state index contributed by atoms with van der Waals surface area (Å²) in [6.07, 6.45) is 1.88. The minimum atomic E-state index is -1.56. The molecule has 5 rings (SSSR count). The number of nitrogens with zero attached hydrogens (tertiary/aromatic N) is 3. The van der Waals surface area contributed by atoms with Crippen LogP contribution in [0.4, 0.5) is 19.0 Å². The number of aromatic carboxylic acids is 1. The largest absolute Gasteiger partial charge is 0.477 e. The number of rotatable bonds is 4. The summed E-state index contributed by atoms with van der Waals surface area (Å²) < 4.78 is 43.9. The number of carbonyl (C=O) groups is 1. The Morgan fingerprint density at radius 2 is 2.00 bits per heavy atom. The molecule has 0 radical (unpaired) electrons. The number of halogens is 4. The summed E-state index contributed by atoms with van der Waals surface area (Å²) in [6, 6.07) is 3.64. The quantitative estimate of drug-likeness (QED) is 0.613. The summed E-state index contributed by atoms with van der Waals surface area (Å²) in [7, 11) is 0. The molecular weight excluding hydrogens is 449 g/mol. The second-order valence-electron chi connectivity index (χ2n) is 8.16. The lowest BCUT2D eigenvalue weighted by atomic mass is 10.1. The van der Waals surface area contributed by atoms with Gasteiger partial charge in [-0.15, -0.1) is 12.4 Å². The number of aromatic nitrogens is 2. The first kappa shape index (κ1) is 22.1. The van der Waals surface area contributed by atoms with Crippen LogP contribution in [0, 0.1) is 28.8 Å². The number of hydrogen-bond donors (Lipinski definition) is 2. The molecule has 7 nitrogen and oxygen atoms in total. The number of fused-ring (bicyclic) bond motifs is 2. The van der Waals surface area contributed by atoms with E-state index in [1.54, 1.807) is 4.90 Å². The van der Waals surface area contributed by atoms with Crippen LogP contribution in [0.5, 0.6) is 0 Å². The van der Waals surface area contributed by atoms with E-state index >= 15 is 0 Å². The van der Waals surface area contributed by atoms with Crippen molar-refractivity contribution in [1.82, 2.24) is 9.55 Å². The predicted octanol–water partition coefficient (Wildman–Crippen LogP) is 2.71. The third kappa shape index (κ3) is 3.21. The number of pyridine rings is 2. The van der Waals surface area contributed by atoms with E-state index in [-0.39, 0.29) is 40.4 Å². The van der Waals surface area contributed by atoms with Crippen LogP contribution in [-0.2, 0) is 0 Å². The molecule has 1 aromatic carbocycles. The van der Waals surface area contributed by atoms with E-state index in [1.165, 1.54) is 0 Å². The fourth-order valence-corrected chi connectivity index (χ4v) is 4.52. The molecule has 0 spiro atoms. The minimum Gasteiger partial charge on any atom is -0.477 e. The first-order chi connectivity index (χ1) is 14.7. The molecule has 1 aliphatic carbocycles. The van der Waals surface area contributed by atoms with Gasteiger partial charge in [-0.05, 0) is 37.1 Å². The van der Waals surface area contributed by atoms with Gasteiger partial charge in [0.2, 0.25) is 5.43 Å². The van der Waals surface area contributed by atoms with Gasteiger partial charge >= 0.3 is 5.97 Å². The van der Waals surface area contributed by atoms with Gasteiger partial charge in [-0.3, -0.25) is 9.36 Å². The second kappa shape index (κ2) is 7.49. The highest BCUT2D eigenvalue weighted by molar-refractivity contribution is 5.92. The maximum absolute atomic E-state index is 15.0. The molecule has 1 aliphatic heterocycles. The average Bonchev–Trinajstić information content (AvgIpc) is 3.29. The Balaban J connectivity index is 0.00000245. The summed E-state index contributed by atoms with van der Waals surface area (Å²) in [5.74, 6) is -3.85. The Morgan fingerprint density at radius 3 is 2.62 bits per heavy atom. The molecule has 2 unspecified atom stereocenters. The van der Waals surface area contributed by atoms with E-state index in [0.717, 1.165) is 35.4 Å². The summed E-state index contributed by atoms with van der Waals surface area (Å²) in [5, 5.41) is 9.08. The van der Waals surface area contributed by atoms with Gasteiger partial charge in [-0.2, -0.15) is 0 Å². The first-order valence-electron chi connectivity index (χ1n) is 9.64. The molecule has 2 aromatic heterocycles. The first-order valence-corrected chi connectivity index (χ1v) is 9.64. The number of carboxylic acid groups (broad SMARTS) is 1. The maximum atomic E-state index is 15.0. The molecule has 1 saturated carbocycles. The Morgan fingerprint density at radius 1 is 1.25 bits per heavy atom. The molecule has 32 heavy (non-hydrogen) atoms. The molecule has 3 N–H and O–H groups in total. The molecule has 2 aliphatic rings. The zero-order valence-electron chi connectivity index (χ0n) is 16.5. The van der Waals surface area contributed by atoms with Crippen molar-refractivity contribution in [3.05, 3.63) is 63.7 Å². The van der Waals surface area contributed by atoms with Crippen LogP contribution >= 0.6 is 12.4 Å². The summed E-state index contributed by atoms with van der Waals surface area (Å²) in [5.41, 5.74) is 3.81. The molecule has 3 aromatic rings. The van der Waals surface area contributed by atoms with E-state index < -0.39 is 34.4 Å². The Bertz CT molecular complexity index is 1330. The van der Waals surface area contributed by atoms with Gasteiger partial charge in [0.05, 0.1) is 11.1 Å². The molecule has 168 valence electrons. The number of anilines is 1. The van der Waals surface area contributed by atoms with Gasteiger partial charge in [0.15, 0.2) is 17.3 Å². The highest BCUT2D eigenvalue weighted by atomic mass is 35.5. The number of benzene rings is 1. The highest BCUT2D eigenvalue weighted by Crippen LogP contribution is 2.57. The molecule has 2 atom stereocenters. The van der Waals surface area contributed by atoms with Crippen LogP contribution in [0.2, 0.25) is 0 Å². The summed E-state index contributed by atoms with van der Waals surface area (Å²) in [6.45, 7) is 1.53. The SMILES string of the molecule is Cl.NCC12CC1CN(c1nc3c(cc1F)c(=O)c(C(=O)O)cn3-c1ccc(F)cc1F)C2. The van der Waals surface area contributed by atoms with Gasteiger partial charge in [-0.1, -0.05) is 0 Å². The fourth-order valence-electron chi connectivity index (χ4n) is 4.52. The topological polar surface area (TPSA) is 101 Å². The highest BCUT2D eigenvalue weighted by Gasteiger charge is 2.59. The Kier molecular flexibility index (Phi) is 5.17. The zero-order valence-corrected chi connectivity index (χ0v) is 17.3. The van der Waals surface area contributed by atoms with Crippen LogP contribution in [0.1, 0.15) is 16.8 Å². The maximum Gasteiger partial charge on any atom is 0.341 e. The third-order valence-electron chi connectivity index (χ3n) is 6.32. The van der Waals surface area contributed by atoms with Crippen LogP contribution in [0.15, 0.2) is 35.3 Å². The Labute approximate surface area is 185 Å². The molecule has 0 amide bonds. The predicted molar refractivity (Wildman–Crippen MR) is 113 cm³/mol. The van der Waals surface area contributed by atoms with E-state index in [2.05, 4.69) is 4.98 Å². The summed E-state index contributed by atoms with van der Waals surface area (Å²) in [4.78, 5) is 30.2. The fraction of sp³-hybridized carbons (Fsp3) is 0.286. The molecular formula is C21H18ClF3N4O3. The standard InChI is InChI=1S/C21H17F3N4O3.ClH/c22-11-1-2-16(14(23)3-11)28-7-13(20(30)31)17(29)12-4-15(24)19(26-18(12)28)27-6-10-5-21(10,8-25)9-27;/h1-4,7,10H,5-6,8-9,25H2,(H,30,31);1H. The molecule has 11 heteroatoms. The van der Waals surface area contributed by atoms with Crippen molar-refractivity contribution >= 4 is 35.2 Å². The van der Waals surface area contributed by atoms with Gasteiger partial charge in [0, 0.05) is 30.8 Å². The third-order valence-corrected chi connectivity index (χ3v) is 6.32. The van der Waals surface area contributed by atoms with Crippen LogP contribution < -0.4 is 16.1 Å². The van der Waals surface area contributed by atoms with Gasteiger partial charge in [0.1, 0.15) is 17.2 Å². The van der Waals surface area contributed by atoms with Crippen LogP contribution in [0.25, 0.3) is 16.7 Å². The van der Waals surface area contributed by atoms with Crippen molar-refractivity contribution in [2.45, 2.75) is 6.42 Å². The smallest absolute Gasteiger partial charge is 0.341 e. The number of hydrogen-bond acceptors (Lipinski definition) is 5. The monoisotopic (exact) mass is 466 g/mol. The number of nitrogens with two attached hydrogens (primary N) is 1. The van der Waals surface area contributed by atoms with Crippen LogP contribution in [-0.4, -0.2) is 40.3 Å². The lowest BCUT2D eigenvalue weighted by Gasteiger charge is -2.23. The van der Waals surface area contributed by atoms with Crippen molar-refractivity contribution in [2.75, 3.05) is 24.5 Å². The number of piperidine rings is 1. The zero-order chi connectivity index (χ0) is 22.1. The average molecular weight is 467 g/mol. The van der Waals surface area contributed by atoms with E-state index in [0.29, 0.717) is 31.6 Å². The van der Waals surface area contributed by atoms with Crippen molar-refractivity contribution in [3.63, 3.8) is 0 Å². The molecule has 1 saturated heterocycles. The van der Waals surface area contributed by atoms with E-state index in [1.807, 2.05) is 0 Å². The molecule has 0 bridgehead atoms. The second-order valence-corrected chi connectivity index (χ2v) is 8.16. The van der Waals surface area contributed by atoms with Crippen molar-refractivity contribution in [1.29, 1.82) is 0 Å². The lowest BCUT2D eigenvalue weighted by molar-refractivity contribution is 0.0695. The van der Waals surface area contributed by atoms with Crippen molar-refractivity contribution < 1.29 is 23.1 Å². The van der Waals surface area contributed by atoms with Crippen molar-refractivity contribution in [3.8, 4) is 5.69 Å². The Hall–Kier alpha value is -3.11. The lowest BCUT2D eigenvalue weighted by Crippen LogP contribution is -2.30. The van der Waals surface area contributed by atoms with Gasteiger partial charge < -0.3 is 15.7 Å².